The Morgan fingerprint density at radius 3 is 2.72 bits per heavy atom. The number of benzene rings is 1. The zero-order chi connectivity index (χ0) is 22.5. The van der Waals surface area contributed by atoms with Crippen molar-refractivity contribution in [3.8, 4) is 11.5 Å². The molecule has 8 nitrogen and oxygen atoms in total. The number of anilines is 1. The molecule has 8 heteroatoms. The standard InChI is InChI=1S/C24H32N4O4/c1-4-13-31-19-12-11-17(14-20(19)30-5-2)22-21(16(3)27-24-25-15-26-28(22)24)23(29)32-18-9-7-6-8-10-18/h11-12,14-15,18,22H,4-10,13H2,1-3H3,(H,25,26,27). The lowest BCUT2D eigenvalue weighted by Gasteiger charge is -2.30. The van der Waals surface area contributed by atoms with Crippen LogP contribution in [-0.4, -0.2) is 40.1 Å². The van der Waals surface area contributed by atoms with Crippen LogP contribution in [0.3, 0.4) is 0 Å². The molecule has 1 N–H and O–H groups in total. The largest absolute Gasteiger partial charge is 0.490 e. The molecule has 1 aromatic carbocycles. The molecule has 2 heterocycles. The van der Waals surface area contributed by atoms with Crippen molar-refractivity contribution in [3.05, 3.63) is 41.4 Å². The monoisotopic (exact) mass is 440 g/mol. The first-order chi connectivity index (χ1) is 15.6. The number of carbonyl (C=O) groups is 1. The molecule has 0 amide bonds. The molecule has 1 atom stereocenters. The van der Waals surface area contributed by atoms with Crippen molar-refractivity contribution in [2.75, 3.05) is 18.5 Å². The van der Waals surface area contributed by atoms with Crippen LogP contribution in [0.25, 0.3) is 0 Å². The molecular formula is C24H32N4O4. The molecule has 2 aromatic rings. The molecule has 4 rings (SSSR count). The quantitative estimate of drug-likeness (QED) is 0.599. The van der Waals surface area contributed by atoms with Gasteiger partial charge in [0.2, 0.25) is 5.95 Å². The summed E-state index contributed by atoms with van der Waals surface area (Å²) in [5.74, 6) is 1.62. The number of hydrogen-bond acceptors (Lipinski definition) is 7. The summed E-state index contributed by atoms with van der Waals surface area (Å²) in [6.07, 6.45) is 7.60. The minimum Gasteiger partial charge on any atom is -0.490 e. The summed E-state index contributed by atoms with van der Waals surface area (Å²) in [5.41, 5.74) is 2.12. The fourth-order valence-corrected chi connectivity index (χ4v) is 4.36. The highest BCUT2D eigenvalue weighted by Crippen LogP contribution is 2.39. The van der Waals surface area contributed by atoms with E-state index in [2.05, 4.69) is 22.3 Å². The average molecular weight is 441 g/mol. The Morgan fingerprint density at radius 2 is 1.97 bits per heavy atom. The maximum atomic E-state index is 13.4. The van der Waals surface area contributed by atoms with E-state index in [1.54, 1.807) is 4.68 Å². The van der Waals surface area contributed by atoms with E-state index in [9.17, 15) is 4.79 Å². The summed E-state index contributed by atoms with van der Waals surface area (Å²) >= 11 is 0. The van der Waals surface area contributed by atoms with Gasteiger partial charge in [-0.15, -0.1) is 0 Å². The van der Waals surface area contributed by atoms with Crippen molar-refractivity contribution in [1.29, 1.82) is 0 Å². The minimum absolute atomic E-state index is 0.0295. The number of aromatic nitrogens is 3. The Labute approximate surface area is 189 Å². The molecule has 1 saturated carbocycles. The second-order valence-corrected chi connectivity index (χ2v) is 8.25. The van der Waals surface area contributed by atoms with E-state index in [1.165, 1.54) is 12.7 Å². The van der Waals surface area contributed by atoms with Crippen LogP contribution in [0.15, 0.2) is 35.8 Å². The van der Waals surface area contributed by atoms with Gasteiger partial charge in [0.25, 0.3) is 0 Å². The smallest absolute Gasteiger partial charge is 0.338 e. The minimum atomic E-state index is -0.468. The van der Waals surface area contributed by atoms with Crippen LogP contribution in [0.4, 0.5) is 5.95 Å². The first-order valence-electron chi connectivity index (χ1n) is 11.6. The number of allylic oxidation sites excluding steroid dienone is 1. The van der Waals surface area contributed by atoms with Gasteiger partial charge in [-0.25, -0.2) is 9.48 Å². The van der Waals surface area contributed by atoms with E-state index >= 15 is 0 Å². The van der Waals surface area contributed by atoms with Gasteiger partial charge < -0.3 is 19.5 Å². The van der Waals surface area contributed by atoms with Crippen LogP contribution >= 0.6 is 0 Å². The van der Waals surface area contributed by atoms with Crippen molar-refractivity contribution in [1.82, 2.24) is 14.8 Å². The molecular weight excluding hydrogens is 408 g/mol. The molecule has 1 unspecified atom stereocenters. The van der Waals surface area contributed by atoms with Gasteiger partial charge in [0.1, 0.15) is 18.5 Å². The van der Waals surface area contributed by atoms with Gasteiger partial charge in [0, 0.05) is 5.70 Å². The number of hydrogen-bond donors (Lipinski definition) is 1. The summed E-state index contributed by atoms with van der Waals surface area (Å²) in [6, 6.07) is 5.31. The van der Waals surface area contributed by atoms with Crippen molar-refractivity contribution in [2.24, 2.45) is 0 Å². The number of rotatable bonds is 8. The molecule has 0 spiro atoms. The molecule has 0 radical (unpaired) electrons. The Morgan fingerprint density at radius 1 is 1.16 bits per heavy atom. The van der Waals surface area contributed by atoms with Crippen molar-refractivity contribution in [2.45, 2.75) is 71.4 Å². The highest BCUT2D eigenvalue weighted by Gasteiger charge is 2.36. The van der Waals surface area contributed by atoms with Crippen LogP contribution in [0.1, 0.15) is 70.9 Å². The normalized spacial score (nSPS) is 18.7. The fourth-order valence-electron chi connectivity index (χ4n) is 4.36. The maximum absolute atomic E-state index is 13.4. The lowest BCUT2D eigenvalue weighted by Crippen LogP contribution is -2.32. The van der Waals surface area contributed by atoms with Gasteiger partial charge in [0.15, 0.2) is 11.5 Å². The van der Waals surface area contributed by atoms with Gasteiger partial charge in [-0.1, -0.05) is 19.4 Å². The average Bonchev–Trinajstić information content (AvgIpc) is 3.26. The molecule has 1 aromatic heterocycles. The molecule has 1 aliphatic heterocycles. The van der Waals surface area contributed by atoms with E-state index in [1.807, 2.05) is 32.0 Å². The lowest BCUT2D eigenvalue weighted by atomic mass is 9.94. The van der Waals surface area contributed by atoms with Gasteiger partial charge in [0.05, 0.1) is 18.8 Å². The van der Waals surface area contributed by atoms with Gasteiger partial charge in [-0.2, -0.15) is 10.1 Å². The Balaban J connectivity index is 1.70. The Bertz CT molecular complexity index is 978. The van der Waals surface area contributed by atoms with E-state index in [0.29, 0.717) is 36.2 Å². The van der Waals surface area contributed by atoms with Crippen LogP contribution in [0, 0.1) is 0 Å². The third-order valence-electron chi connectivity index (χ3n) is 5.89. The number of fused-ring (bicyclic) bond motifs is 1. The summed E-state index contributed by atoms with van der Waals surface area (Å²) < 4.78 is 19.4. The van der Waals surface area contributed by atoms with E-state index in [-0.39, 0.29) is 12.1 Å². The predicted molar refractivity (Wildman–Crippen MR) is 121 cm³/mol. The van der Waals surface area contributed by atoms with Gasteiger partial charge in [-0.05, 0) is 63.6 Å². The van der Waals surface area contributed by atoms with E-state index in [4.69, 9.17) is 14.2 Å². The van der Waals surface area contributed by atoms with Gasteiger partial charge >= 0.3 is 5.97 Å². The number of nitrogens with one attached hydrogen (secondary N) is 1. The fraction of sp³-hybridized carbons (Fsp3) is 0.542. The maximum Gasteiger partial charge on any atom is 0.338 e. The first-order valence-corrected chi connectivity index (χ1v) is 11.6. The molecule has 0 bridgehead atoms. The lowest BCUT2D eigenvalue weighted by molar-refractivity contribution is -0.146. The van der Waals surface area contributed by atoms with Crippen LogP contribution < -0.4 is 14.8 Å². The number of nitrogens with zero attached hydrogens (tertiary/aromatic N) is 3. The zero-order valence-corrected chi connectivity index (χ0v) is 19.1. The number of carbonyl (C=O) groups excluding carboxylic acids is 1. The van der Waals surface area contributed by atoms with Crippen LogP contribution in [-0.2, 0) is 9.53 Å². The highest BCUT2D eigenvalue weighted by molar-refractivity contribution is 5.92. The molecule has 172 valence electrons. The second kappa shape index (κ2) is 10.1. The van der Waals surface area contributed by atoms with E-state index in [0.717, 1.165) is 43.4 Å². The van der Waals surface area contributed by atoms with E-state index < -0.39 is 6.04 Å². The third-order valence-corrected chi connectivity index (χ3v) is 5.89. The molecule has 1 fully saturated rings. The predicted octanol–water partition coefficient (Wildman–Crippen LogP) is 4.63. The van der Waals surface area contributed by atoms with Crippen molar-refractivity contribution >= 4 is 11.9 Å². The highest BCUT2D eigenvalue weighted by atomic mass is 16.5. The van der Waals surface area contributed by atoms with Crippen molar-refractivity contribution in [3.63, 3.8) is 0 Å². The first kappa shape index (κ1) is 22.2. The van der Waals surface area contributed by atoms with Crippen LogP contribution in [0.5, 0.6) is 11.5 Å². The van der Waals surface area contributed by atoms with Crippen LogP contribution in [0.2, 0.25) is 0 Å². The summed E-state index contributed by atoms with van der Waals surface area (Å²) in [7, 11) is 0. The second-order valence-electron chi connectivity index (χ2n) is 8.25. The number of esters is 1. The van der Waals surface area contributed by atoms with Crippen molar-refractivity contribution < 1.29 is 19.0 Å². The molecule has 2 aliphatic rings. The number of ether oxygens (including phenoxy) is 3. The third kappa shape index (κ3) is 4.59. The SMILES string of the molecule is CCCOc1ccc(C2C(C(=O)OC3CCCCC3)=C(C)Nc3ncnn32)cc1OCC. The zero-order valence-electron chi connectivity index (χ0n) is 19.1. The summed E-state index contributed by atoms with van der Waals surface area (Å²) in [5, 5.41) is 7.60. The summed E-state index contributed by atoms with van der Waals surface area (Å²) in [4.78, 5) is 17.7. The Hall–Kier alpha value is -3.03. The topological polar surface area (TPSA) is 87.5 Å². The summed E-state index contributed by atoms with van der Waals surface area (Å²) in [6.45, 7) is 7.00. The Kier molecular flexibility index (Phi) is 6.97. The molecule has 0 saturated heterocycles. The molecule has 1 aliphatic carbocycles. The molecule has 32 heavy (non-hydrogen) atoms. The van der Waals surface area contributed by atoms with Gasteiger partial charge in [-0.3, -0.25) is 0 Å².